The standard InChI is InChI=1S/C7H11NO2/c1-6(9)8(2)7-4-3-5-10-7/h3-6,9H,1-2H3. The van der Waals surface area contributed by atoms with E-state index in [-0.39, 0.29) is 0 Å². The molecule has 0 saturated carbocycles. The number of anilines is 1. The van der Waals surface area contributed by atoms with Crippen molar-refractivity contribution in [1.29, 1.82) is 0 Å². The molecule has 3 heteroatoms. The van der Waals surface area contributed by atoms with E-state index in [4.69, 9.17) is 9.52 Å². The van der Waals surface area contributed by atoms with Crippen molar-refractivity contribution in [2.75, 3.05) is 11.9 Å². The maximum atomic E-state index is 9.06. The van der Waals surface area contributed by atoms with Crippen LogP contribution in [0.4, 0.5) is 5.88 Å². The van der Waals surface area contributed by atoms with Crippen molar-refractivity contribution in [2.24, 2.45) is 0 Å². The summed E-state index contributed by atoms with van der Waals surface area (Å²) in [4.78, 5) is 1.64. The Hall–Kier alpha value is -0.960. The molecule has 0 radical (unpaired) electrons. The first-order valence-corrected chi connectivity index (χ1v) is 3.16. The highest BCUT2D eigenvalue weighted by Gasteiger charge is 2.06. The zero-order valence-corrected chi connectivity index (χ0v) is 6.11. The van der Waals surface area contributed by atoms with Gasteiger partial charge in [0.15, 0.2) is 5.88 Å². The number of nitrogens with zero attached hydrogens (tertiary/aromatic N) is 1. The molecule has 10 heavy (non-hydrogen) atoms. The third-order valence-electron chi connectivity index (χ3n) is 1.41. The van der Waals surface area contributed by atoms with Crippen LogP contribution in [0.1, 0.15) is 6.92 Å². The predicted molar refractivity (Wildman–Crippen MR) is 38.8 cm³/mol. The summed E-state index contributed by atoms with van der Waals surface area (Å²) in [5.74, 6) is 0.676. The average molecular weight is 141 g/mol. The van der Waals surface area contributed by atoms with Crippen LogP contribution in [-0.2, 0) is 0 Å². The number of aliphatic hydroxyl groups excluding tert-OH is 1. The summed E-state index contributed by atoms with van der Waals surface area (Å²) >= 11 is 0. The minimum Gasteiger partial charge on any atom is -0.449 e. The van der Waals surface area contributed by atoms with E-state index in [1.165, 1.54) is 0 Å². The molecule has 0 aliphatic rings. The minimum absolute atomic E-state index is 0.508. The first-order chi connectivity index (χ1) is 4.72. The quantitative estimate of drug-likeness (QED) is 0.625. The van der Waals surface area contributed by atoms with E-state index in [0.717, 1.165) is 0 Å². The summed E-state index contributed by atoms with van der Waals surface area (Å²) < 4.78 is 5.02. The summed E-state index contributed by atoms with van der Waals surface area (Å²) in [5, 5.41) is 9.06. The van der Waals surface area contributed by atoms with Crippen molar-refractivity contribution in [2.45, 2.75) is 13.2 Å². The Morgan fingerprint density at radius 2 is 2.40 bits per heavy atom. The molecule has 1 atom stereocenters. The highest BCUT2D eigenvalue weighted by molar-refractivity contribution is 5.33. The van der Waals surface area contributed by atoms with Gasteiger partial charge in [0, 0.05) is 13.1 Å². The van der Waals surface area contributed by atoms with Gasteiger partial charge in [0.1, 0.15) is 6.23 Å². The Morgan fingerprint density at radius 3 is 2.80 bits per heavy atom. The monoisotopic (exact) mass is 141 g/mol. The molecule has 1 aromatic heterocycles. The van der Waals surface area contributed by atoms with Crippen LogP contribution in [0.15, 0.2) is 22.8 Å². The summed E-state index contributed by atoms with van der Waals surface area (Å²) in [7, 11) is 1.77. The Kier molecular flexibility index (Phi) is 1.97. The van der Waals surface area contributed by atoms with Gasteiger partial charge < -0.3 is 14.4 Å². The fourth-order valence-corrected chi connectivity index (χ4v) is 0.655. The van der Waals surface area contributed by atoms with Crippen molar-refractivity contribution in [1.82, 2.24) is 0 Å². The van der Waals surface area contributed by atoms with Crippen molar-refractivity contribution in [3.05, 3.63) is 18.4 Å². The van der Waals surface area contributed by atoms with E-state index in [1.54, 1.807) is 37.3 Å². The molecule has 0 fully saturated rings. The van der Waals surface area contributed by atoms with Gasteiger partial charge in [-0.05, 0) is 13.0 Å². The highest BCUT2D eigenvalue weighted by Crippen LogP contribution is 2.13. The van der Waals surface area contributed by atoms with Gasteiger partial charge in [-0.2, -0.15) is 0 Å². The van der Waals surface area contributed by atoms with Gasteiger partial charge in [0.05, 0.1) is 6.26 Å². The zero-order chi connectivity index (χ0) is 7.56. The van der Waals surface area contributed by atoms with E-state index in [9.17, 15) is 0 Å². The number of hydrogen-bond donors (Lipinski definition) is 1. The molecule has 1 aromatic rings. The molecule has 0 aliphatic heterocycles. The molecular formula is C7H11NO2. The van der Waals surface area contributed by atoms with Crippen molar-refractivity contribution in [3.63, 3.8) is 0 Å². The molecule has 1 heterocycles. The van der Waals surface area contributed by atoms with Gasteiger partial charge in [0.25, 0.3) is 0 Å². The van der Waals surface area contributed by atoms with E-state index in [2.05, 4.69) is 0 Å². The van der Waals surface area contributed by atoms with Crippen LogP contribution >= 0.6 is 0 Å². The SMILES string of the molecule is CC(O)N(C)c1ccco1. The molecule has 1 rings (SSSR count). The highest BCUT2D eigenvalue weighted by atomic mass is 16.4. The molecule has 1 unspecified atom stereocenters. The lowest BCUT2D eigenvalue weighted by atomic mass is 10.5. The summed E-state index contributed by atoms with van der Waals surface area (Å²) in [6.07, 6.45) is 1.07. The van der Waals surface area contributed by atoms with Crippen molar-refractivity contribution < 1.29 is 9.52 Å². The lowest BCUT2D eigenvalue weighted by Crippen LogP contribution is -2.27. The molecule has 0 amide bonds. The zero-order valence-electron chi connectivity index (χ0n) is 6.11. The van der Waals surface area contributed by atoms with Gasteiger partial charge in [-0.25, -0.2) is 0 Å². The Balaban J connectivity index is 2.68. The third-order valence-corrected chi connectivity index (χ3v) is 1.41. The van der Waals surface area contributed by atoms with E-state index in [1.807, 2.05) is 0 Å². The number of hydrogen-bond acceptors (Lipinski definition) is 3. The summed E-state index contributed by atoms with van der Waals surface area (Å²) in [5.41, 5.74) is 0. The normalized spacial score (nSPS) is 13.1. The smallest absolute Gasteiger partial charge is 0.196 e. The largest absolute Gasteiger partial charge is 0.449 e. The fraction of sp³-hybridized carbons (Fsp3) is 0.429. The predicted octanol–water partition coefficient (Wildman–Crippen LogP) is 1.05. The molecule has 0 saturated heterocycles. The number of rotatable bonds is 2. The minimum atomic E-state index is -0.508. The van der Waals surface area contributed by atoms with Crippen molar-refractivity contribution in [3.8, 4) is 0 Å². The maximum Gasteiger partial charge on any atom is 0.196 e. The topological polar surface area (TPSA) is 36.6 Å². The fourth-order valence-electron chi connectivity index (χ4n) is 0.655. The van der Waals surface area contributed by atoms with Crippen LogP contribution < -0.4 is 4.90 Å². The first-order valence-electron chi connectivity index (χ1n) is 3.16. The molecule has 0 bridgehead atoms. The second kappa shape index (κ2) is 2.75. The van der Waals surface area contributed by atoms with Crippen LogP contribution in [0.3, 0.4) is 0 Å². The summed E-state index contributed by atoms with van der Waals surface area (Å²) in [6.45, 7) is 1.68. The van der Waals surface area contributed by atoms with Crippen LogP contribution in [-0.4, -0.2) is 18.4 Å². The Labute approximate surface area is 59.9 Å². The third kappa shape index (κ3) is 1.30. The second-order valence-electron chi connectivity index (χ2n) is 2.19. The van der Waals surface area contributed by atoms with Gasteiger partial charge in [-0.15, -0.1) is 0 Å². The maximum absolute atomic E-state index is 9.06. The van der Waals surface area contributed by atoms with Gasteiger partial charge in [-0.3, -0.25) is 0 Å². The van der Waals surface area contributed by atoms with Crippen LogP contribution in [0.25, 0.3) is 0 Å². The number of aliphatic hydroxyl groups is 1. The molecule has 0 aromatic carbocycles. The average Bonchev–Trinajstić information content (AvgIpc) is 2.36. The lowest BCUT2D eigenvalue weighted by Gasteiger charge is -2.18. The van der Waals surface area contributed by atoms with Crippen molar-refractivity contribution >= 4 is 5.88 Å². The van der Waals surface area contributed by atoms with Crippen LogP contribution in [0, 0.1) is 0 Å². The van der Waals surface area contributed by atoms with Crippen LogP contribution in [0.5, 0.6) is 0 Å². The molecular weight excluding hydrogens is 130 g/mol. The Bertz CT molecular complexity index is 181. The van der Waals surface area contributed by atoms with E-state index < -0.39 is 6.23 Å². The molecule has 56 valence electrons. The molecule has 1 N–H and O–H groups in total. The lowest BCUT2D eigenvalue weighted by molar-refractivity contribution is 0.190. The number of furan rings is 1. The van der Waals surface area contributed by atoms with Gasteiger partial charge >= 0.3 is 0 Å². The molecule has 3 nitrogen and oxygen atoms in total. The molecule has 0 aliphatic carbocycles. The first kappa shape index (κ1) is 7.15. The van der Waals surface area contributed by atoms with E-state index >= 15 is 0 Å². The summed E-state index contributed by atoms with van der Waals surface area (Å²) in [6, 6.07) is 3.58. The van der Waals surface area contributed by atoms with E-state index in [0.29, 0.717) is 5.88 Å². The van der Waals surface area contributed by atoms with Crippen LogP contribution in [0.2, 0.25) is 0 Å². The second-order valence-corrected chi connectivity index (χ2v) is 2.19. The van der Waals surface area contributed by atoms with Gasteiger partial charge in [0.2, 0.25) is 0 Å². The molecule has 0 spiro atoms. The Morgan fingerprint density at radius 1 is 1.70 bits per heavy atom. The van der Waals surface area contributed by atoms with Gasteiger partial charge in [-0.1, -0.05) is 0 Å².